The summed E-state index contributed by atoms with van der Waals surface area (Å²) in [6.07, 6.45) is 1.29. The van der Waals surface area contributed by atoms with Gasteiger partial charge in [0.2, 0.25) is 5.91 Å². The summed E-state index contributed by atoms with van der Waals surface area (Å²) in [7, 11) is 0. The SMILES string of the molecule is CCC(=O)N1CCN(c2nc(-c3ccccc3)nc(C)c2Cc2ccc(Cl)cc2)CC1. The summed E-state index contributed by atoms with van der Waals surface area (Å²) in [6, 6.07) is 18.0. The first-order valence-corrected chi connectivity index (χ1v) is 11.1. The van der Waals surface area contributed by atoms with Gasteiger partial charge in [0.15, 0.2) is 5.82 Å². The maximum absolute atomic E-state index is 12.1. The molecule has 5 nitrogen and oxygen atoms in total. The highest BCUT2D eigenvalue weighted by Crippen LogP contribution is 2.28. The average Bonchev–Trinajstić information content (AvgIpc) is 2.81. The quantitative estimate of drug-likeness (QED) is 0.581. The molecule has 1 aliphatic rings. The van der Waals surface area contributed by atoms with Crippen LogP contribution < -0.4 is 4.90 Å². The highest BCUT2D eigenvalue weighted by molar-refractivity contribution is 6.30. The van der Waals surface area contributed by atoms with Crippen molar-refractivity contribution in [1.29, 1.82) is 0 Å². The van der Waals surface area contributed by atoms with Gasteiger partial charge >= 0.3 is 0 Å². The molecule has 160 valence electrons. The molecule has 3 aromatic rings. The largest absolute Gasteiger partial charge is 0.353 e. The standard InChI is InChI=1S/C25H27ClN4O/c1-3-23(31)29-13-15-30(16-14-29)25-22(17-19-9-11-21(26)12-10-19)18(2)27-24(28-25)20-7-5-4-6-8-20/h4-12H,3,13-17H2,1-2H3. The van der Waals surface area contributed by atoms with Crippen LogP contribution in [0, 0.1) is 6.92 Å². The second kappa shape index (κ2) is 9.48. The van der Waals surface area contributed by atoms with E-state index in [1.807, 2.05) is 54.3 Å². The lowest BCUT2D eigenvalue weighted by Crippen LogP contribution is -2.49. The highest BCUT2D eigenvalue weighted by Gasteiger charge is 2.24. The Hall–Kier alpha value is -2.92. The van der Waals surface area contributed by atoms with E-state index in [9.17, 15) is 4.79 Å². The van der Waals surface area contributed by atoms with Crippen LogP contribution in [0.1, 0.15) is 30.2 Å². The minimum Gasteiger partial charge on any atom is -0.353 e. The van der Waals surface area contributed by atoms with Crippen molar-refractivity contribution in [2.45, 2.75) is 26.7 Å². The molecule has 0 atom stereocenters. The summed E-state index contributed by atoms with van der Waals surface area (Å²) < 4.78 is 0. The van der Waals surface area contributed by atoms with Crippen LogP contribution in [-0.4, -0.2) is 47.0 Å². The minimum atomic E-state index is 0.213. The Balaban J connectivity index is 1.70. The van der Waals surface area contributed by atoms with Gasteiger partial charge in [0.25, 0.3) is 0 Å². The number of hydrogen-bond donors (Lipinski definition) is 0. The predicted octanol–water partition coefficient (Wildman–Crippen LogP) is 4.75. The third-order valence-electron chi connectivity index (χ3n) is 5.75. The lowest BCUT2D eigenvalue weighted by Gasteiger charge is -2.36. The molecule has 1 fully saturated rings. The van der Waals surface area contributed by atoms with E-state index in [-0.39, 0.29) is 5.91 Å². The van der Waals surface area contributed by atoms with Gasteiger partial charge in [0.05, 0.1) is 0 Å². The normalized spacial score (nSPS) is 14.0. The van der Waals surface area contributed by atoms with Gasteiger partial charge in [-0.15, -0.1) is 0 Å². The van der Waals surface area contributed by atoms with Crippen molar-refractivity contribution in [1.82, 2.24) is 14.9 Å². The second-order valence-electron chi connectivity index (χ2n) is 7.83. The van der Waals surface area contributed by atoms with Crippen molar-refractivity contribution in [2.24, 2.45) is 0 Å². The van der Waals surface area contributed by atoms with Crippen molar-refractivity contribution in [3.63, 3.8) is 0 Å². The number of anilines is 1. The van der Waals surface area contributed by atoms with Crippen LogP contribution in [0.25, 0.3) is 11.4 Å². The molecule has 0 bridgehead atoms. The molecule has 31 heavy (non-hydrogen) atoms. The number of aromatic nitrogens is 2. The summed E-state index contributed by atoms with van der Waals surface area (Å²) in [5.74, 6) is 1.91. The summed E-state index contributed by atoms with van der Waals surface area (Å²) >= 11 is 6.07. The van der Waals surface area contributed by atoms with Crippen LogP contribution >= 0.6 is 11.6 Å². The smallest absolute Gasteiger partial charge is 0.222 e. The number of piperazine rings is 1. The van der Waals surface area contributed by atoms with E-state index in [0.29, 0.717) is 6.42 Å². The third kappa shape index (κ3) is 4.88. The predicted molar refractivity (Wildman–Crippen MR) is 126 cm³/mol. The molecular formula is C25H27ClN4O. The summed E-state index contributed by atoms with van der Waals surface area (Å²) in [4.78, 5) is 26.2. The Bertz CT molecular complexity index is 1050. The number of nitrogens with zero attached hydrogens (tertiary/aromatic N) is 4. The van der Waals surface area contributed by atoms with Gasteiger partial charge in [-0.05, 0) is 24.6 Å². The first kappa shape index (κ1) is 21.3. The fourth-order valence-corrected chi connectivity index (χ4v) is 4.09. The lowest BCUT2D eigenvalue weighted by atomic mass is 10.0. The molecule has 1 aliphatic heterocycles. The fraction of sp³-hybridized carbons (Fsp3) is 0.320. The number of carbonyl (C=O) groups is 1. The average molecular weight is 435 g/mol. The molecule has 0 spiro atoms. The molecule has 1 saturated heterocycles. The van der Waals surface area contributed by atoms with E-state index in [0.717, 1.165) is 66.1 Å². The second-order valence-corrected chi connectivity index (χ2v) is 8.26. The monoisotopic (exact) mass is 434 g/mol. The number of halogens is 1. The number of benzene rings is 2. The molecule has 6 heteroatoms. The Kier molecular flexibility index (Phi) is 6.52. The summed E-state index contributed by atoms with van der Waals surface area (Å²) in [5.41, 5.74) is 4.28. The van der Waals surface area contributed by atoms with Gasteiger partial charge in [-0.2, -0.15) is 0 Å². The fourth-order valence-electron chi connectivity index (χ4n) is 3.96. The van der Waals surface area contributed by atoms with Crippen molar-refractivity contribution in [3.8, 4) is 11.4 Å². The van der Waals surface area contributed by atoms with Crippen molar-refractivity contribution < 1.29 is 4.79 Å². The maximum atomic E-state index is 12.1. The molecule has 0 unspecified atom stereocenters. The molecule has 2 aromatic carbocycles. The zero-order chi connectivity index (χ0) is 21.8. The molecule has 1 aromatic heterocycles. The molecule has 2 heterocycles. The zero-order valence-corrected chi connectivity index (χ0v) is 18.8. The van der Waals surface area contributed by atoms with E-state index < -0.39 is 0 Å². The first-order valence-electron chi connectivity index (χ1n) is 10.7. The molecule has 0 radical (unpaired) electrons. The Morgan fingerprint density at radius 1 is 0.968 bits per heavy atom. The van der Waals surface area contributed by atoms with E-state index in [1.165, 1.54) is 5.56 Å². The molecule has 0 saturated carbocycles. The molecule has 0 N–H and O–H groups in total. The number of hydrogen-bond acceptors (Lipinski definition) is 4. The Morgan fingerprint density at radius 2 is 1.65 bits per heavy atom. The van der Waals surface area contributed by atoms with Crippen molar-refractivity contribution in [3.05, 3.63) is 76.4 Å². The van der Waals surface area contributed by atoms with Gasteiger partial charge in [-0.3, -0.25) is 4.79 Å². The van der Waals surface area contributed by atoms with Gasteiger partial charge in [0.1, 0.15) is 5.82 Å². The minimum absolute atomic E-state index is 0.213. The Labute approximate surface area is 188 Å². The van der Waals surface area contributed by atoms with E-state index in [2.05, 4.69) is 24.0 Å². The van der Waals surface area contributed by atoms with Crippen LogP contribution in [-0.2, 0) is 11.2 Å². The van der Waals surface area contributed by atoms with Crippen LogP contribution in [0.4, 0.5) is 5.82 Å². The van der Waals surface area contributed by atoms with E-state index >= 15 is 0 Å². The van der Waals surface area contributed by atoms with Crippen molar-refractivity contribution in [2.75, 3.05) is 31.1 Å². The molecular weight excluding hydrogens is 408 g/mol. The van der Waals surface area contributed by atoms with E-state index in [1.54, 1.807) is 0 Å². The first-order chi connectivity index (χ1) is 15.0. The molecule has 0 aliphatic carbocycles. The van der Waals surface area contributed by atoms with Crippen LogP contribution in [0.15, 0.2) is 54.6 Å². The summed E-state index contributed by atoms with van der Waals surface area (Å²) in [6.45, 7) is 6.94. The van der Waals surface area contributed by atoms with Crippen LogP contribution in [0.5, 0.6) is 0 Å². The third-order valence-corrected chi connectivity index (χ3v) is 6.00. The van der Waals surface area contributed by atoms with Gasteiger partial charge in [0, 0.05) is 60.9 Å². The van der Waals surface area contributed by atoms with Gasteiger partial charge < -0.3 is 9.80 Å². The zero-order valence-electron chi connectivity index (χ0n) is 18.0. The number of carbonyl (C=O) groups excluding carboxylic acids is 1. The highest BCUT2D eigenvalue weighted by atomic mass is 35.5. The maximum Gasteiger partial charge on any atom is 0.222 e. The number of rotatable bonds is 5. The van der Waals surface area contributed by atoms with E-state index in [4.69, 9.17) is 21.6 Å². The molecule has 1 amide bonds. The lowest BCUT2D eigenvalue weighted by molar-refractivity contribution is -0.131. The van der Waals surface area contributed by atoms with Crippen molar-refractivity contribution >= 4 is 23.3 Å². The molecule has 4 rings (SSSR count). The van der Waals surface area contributed by atoms with Crippen LogP contribution in [0.3, 0.4) is 0 Å². The summed E-state index contributed by atoms with van der Waals surface area (Å²) in [5, 5.41) is 0.730. The Morgan fingerprint density at radius 3 is 2.29 bits per heavy atom. The van der Waals surface area contributed by atoms with Crippen LogP contribution in [0.2, 0.25) is 5.02 Å². The van der Waals surface area contributed by atoms with Gasteiger partial charge in [-0.1, -0.05) is 61.0 Å². The topological polar surface area (TPSA) is 49.3 Å². The van der Waals surface area contributed by atoms with Gasteiger partial charge in [-0.25, -0.2) is 9.97 Å². The number of amides is 1. The number of aryl methyl sites for hydroxylation is 1.